The van der Waals surface area contributed by atoms with Crippen LogP contribution in [0.2, 0.25) is 0 Å². The van der Waals surface area contributed by atoms with Gasteiger partial charge in [0.1, 0.15) is 11.3 Å². The number of phenols is 1. The lowest BCUT2D eigenvalue weighted by Crippen LogP contribution is -2.09. The standard InChI is InChI=1S/C22H19BrO4/c23-18-8-4-7-16(11-18)12-21(27-14-15-5-2-1-3-6-15)17-9-10-19(22(25)26)20(24)13-17/h1-11,13,21,24H,12,14H2,(H,25,26). The number of hydrogen-bond donors (Lipinski definition) is 2. The van der Waals surface area contributed by atoms with Crippen molar-refractivity contribution >= 4 is 21.9 Å². The van der Waals surface area contributed by atoms with Gasteiger partial charge in [-0.2, -0.15) is 0 Å². The molecule has 0 radical (unpaired) electrons. The van der Waals surface area contributed by atoms with E-state index in [1.165, 1.54) is 12.1 Å². The molecule has 0 bridgehead atoms. The predicted octanol–water partition coefficient (Wildman–Crippen LogP) is 5.35. The Hall–Kier alpha value is -2.63. The fourth-order valence-electron chi connectivity index (χ4n) is 2.85. The number of carbonyl (C=O) groups is 1. The summed E-state index contributed by atoms with van der Waals surface area (Å²) >= 11 is 3.48. The third-order valence-corrected chi connectivity index (χ3v) is 4.72. The molecular formula is C22H19BrO4. The van der Waals surface area contributed by atoms with Gasteiger partial charge in [0.25, 0.3) is 0 Å². The Morgan fingerprint density at radius 2 is 1.70 bits per heavy atom. The fourth-order valence-corrected chi connectivity index (χ4v) is 3.30. The van der Waals surface area contributed by atoms with E-state index in [4.69, 9.17) is 9.84 Å². The van der Waals surface area contributed by atoms with Crippen molar-refractivity contribution in [3.63, 3.8) is 0 Å². The first kappa shape index (κ1) is 19.1. The van der Waals surface area contributed by atoms with E-state index in [0.717, 1.165) is 21.2 Å². The summed E-state index contributed by atoms with van der Waals surface area (Å²) in [5, 5.41) is 19.2. The molecule has 27 heavy (non-hydrogen) atoms. The maximum atomic E-state index is 11.1. The smallest absolute Gasteiger partial charge is 0.339 e. The maximum Gasteiger partial charge on any atom is 0.339 e. The van der Waals surface area contributed by atoms with Crippen LogP contribution in [0.3, 0.4) is 0 Å². The maximum absolute atomic E-state index is 11.1. The molecule has 1 unspecified atom stereocenters. The third kappa shape index (κ3) is 5.18. The molecule has 5 heteroatoms. The highest BCUT2D eigenvalue weighted by Gasteiger charge is 2.17. The Bertz CT molecular complexity index is 925. The molecule has 0 spiro atoms. The average molecular weight is 427 g/mol. The second-order valence-electron chi connectivity index (χ2n) is 6.20. The van der Waals surface area contributed by atoms with Crippen molar-refractivity contribution in [3.8, 4) is 5.75 Å². The van der Waals surface area contributed by atoms with Crippen molar-refractivity contribution < 1.29 is 19.7 Å². The molecule has 0 aliphatic carbocycles. The van der Waals surface area contributed by atoms with Crippen molar-refractivity contribution in [2.45, 2.75) is 19.1 Å². The van der Waals surface area contributed by atoms with Crippen LogP contribution >= 0.6 is 15.9 Å². The summed E-state index contributed by atoms with van der Waals surface area (Å²) in [5.74, 6) is -1.42. The molecule has 3 aromatic rings. The van der Waals surface area contributed by atoms with Crippen LogP contribution in [-0.2, 0) is 17.8 Å². The molecule has 0 heterocycles. The summed E-state index contributed by atoms with van der Waals surface area (Å²) < 4.78 is 7.12. The van der Waals surface area contributed by atoms with Gasteiger partial charge in [-0.25, -0.2) is 4.79 Å². The first-order valence-corrected chi connectivity index (χ1v) is 9.28. The molecule has 4 nitrogen and oxygen atoms in total. The molecular weight excluding hydrogens is 408 g/mol. The molecule has 3 aromatic carbocycles. The summed E-state index contributed by atoms with van der Waals surface area (Å²) in [7, 11) is 0. The number of rotatable bonds is 7. The zero-order chi connectivity index (χ0) is 19.2. The summed E-state index contributed by atoms with van der Waals surface area (Å²) in [4.78, 5) is 11.1. The highest BCUT2D eigenvalue weighted by atomic mass is 79.9. The molecule has 0 aromatic heterocycles. The van der Waals surface area contributed by atoms with Crippen molar-refractivity contribution in [1.29, 1.82) is 0 Å². The van der Waals surface area contributed by atoms with E-state index in [9.17, 15) is 9.90 Å². The minimum atomic E-state index is -1.16. The molecule has 0 saturated carbocycles. The number of hydrogen-bond acceptors (Lipinski definition) is 3. The zero-order valence-corrected chi connectivity index (χ0v) is 16.1. The molecule has 3 rings (SSSR count). The van der Waals surface area contributed by atoms with Crippen molar-refractivity contribution in [1.82, 2.24) is 0 Å². The van der Waals surface area contributed by atoms with Gasteiger partial charge in [-0.1, -0.05) is 64.5 Å². The molecule has 0 aliphatic heterocycles. The van der Waals surface area contributed by atoms with E-state index in [2.05, 4.69) is 15.9 Å². The lowest BCUT2D eigenvalue weighted by atomic mass is 9.99. The third-order valence-electron chi connectivity index (χ3n) is 4.23. The number of carboxylic acids is 1. The highest BCUT2D eigenvalue weighted by Crippen LogP contribution is 2.29. The number of ether oxygens (including phenoxy) is 1. The minimum absolute atomic E-state index is 0.122. The van der Waals surface area contributed by atoms with Crippen LogP contribution in [0.1, 0.15) is 33.2 Å². The van der Waals surface area contributed by atoms with E-state index in [1.807, 2.05) is 54.6 Å². The molecule has 0 saturated heterocycles. The Morgan fingerprint density at radius 3 is 2.37 bits per heavy atom. The molecule has 0 fully saturated rings. The Labute approximate surface area is 166 Å². The number of halogens is 1. The van der Waals surface area contributed by atoms with Crippen LogP contribution in [-0.4, -0.2) is 16.2 Å². The first-order valence-electron chi connectivity index (χ1n) is 8.49. The quantitative estimate of drug-likeness (QED) is 0.533. The number of carboxylic acid groups (broad SMARTS) is 1. The van der Waals surface area contributed by atoms with Crippen molar-refractivity contribution in [3.05, 3.63) is 99.5 Å². The second kappa shape index (κ2) is 8.84. The predicted molar refractivity (Wildman–Crippen MR) is 107 cm³/mol. The van der Waals surface area contributed by atoms with E-state index in [-0.39, 0.29) is 17.4 Å². The number of aromatic carboxylic acids is 1. The summed E-state index contributed by atoms with van der Waals surface area (Å²) in [6, 6.07) is 22.3. The molecule has 1 atom stereocenters. The second-order valence-corrected chi connectivity index (χ2v) is 7.12. The van der Waals surface area contributed by atoms with Gasteiger partial charge in [0.05, 0.1) is 12.7 Å². The van der Waals surface area contributed by atoms with Crippen LogP contribution in [0.15, 0.2) is 77.3 Å². The molecule has 2 N–H and O–H groups in total. The average Bonchev–Trinajstić information content (AvgIpc) is 2.65. The lowest BCUT2D eigenvalue weighted by Gasteiger charge is -2.20. The van der Waals surface area contributed by atoms with Gasteiger partial charge in [-0.15, -0.1) is 0 Å². The Kier molecular flexibility index (Phi) is 6.27. The number of benzene rings is 3. The zero-order valence-electron chi connectivity index (χ0n) is 14.5. The Morgan fingerprint density at radius 1 is 0.963 bits per heavy atom. The van der Waals surface area contributed by atoms with Gasteiger partial charge in [-0.05, 0) is 41.0 Å². The largest absolute Gasteiger partial charge is 0.507 e. The van der Waals surface area contributed by atoms with Gasteiger partial charge in [0.15, 0.2) is 0 Å². The normalized spacial score (nSPS) is 11.9. The fraction of sp³-hybridized carbons (Fsp3) is 0.136. The topological polar surface area (TPSA) is 66.8 Å². The summed E-state index contributed by atoms with van der Waals surface area (Å²) in [5.41, 5.74) is 2.73. The van der Waals surface area contributed by atoms with Crippen LogP contribution in [0, 0.1) is 0 Å². The van der Waals surface area contributed by atoms with Crippen LogP contribution < -0.4 is 0 Å². The van der Waals surface area contributed by atoms with Gasteiger partial charge in [0, 0.05) is 10.9 Å². The van der Waals surface area contributed by atoms with Crippen LogP contribution in [0.5, 0.6) is 5.75 Å². The van der Waals surface area contributed by atoms with Crippen LogP contribution in [0.25, 0.3) is 0 Å². The van der Waals surface area contributed by atoms with E-state index < -0.39 is 5.97 Å². The van der Waals surface area contributed by atoms with Crippen molar-refractivity contribution in [2.75, 3.05) is 0 Å². The van der Waals surface area contributed by atoms with Gasteiger partial charge < -0.3 is 14.9 Å². The Balaban J connectivity index is 1.86. The highest BCUT2D eigenvalue weighted by molar-refractivity contribution is 9.10. The first-order chi connectivity index (χ1) is 13.0. The minimum Gasteiger partial charge on any atom is -0.507 e. The molecule has 0 amide bonds. The van der Waals surface area contributed by atoms with Gasteiger partial charge in [0.2, 0.25) is 0 Å². The molecule has 138 valence electrons. The summed E-state index contributed by atoms with van der Waals surface area (Å²) in [6.45, 7) is 0.418. The number of aromatic hydroxyl groups is 1. The van der Waals surface area contributed by atoms with Crippen molar-refractivity contribution in [2.24, 2.45) is 0 Å². The molecule has 0 aliphatic rings. The van der Waals surface area contributed by atoms with Gasteiger partial charge in [-0.3, -0.25) is 0 Å². The van der Waals surface area contributed by atoms with Gasteiger partial charge >= 0.3 is 5.97 Å². The monoisotopic (exact) mass is 426 g/mol. The van der Waals surface area contributed by atoms with E-state index in [1.54, 1.807) is 6.07 Å². The van der Waals surface area contributed by atoms with E-state index in [0.29, 0.717) is 13.0 Å². The summed E-state index contributed by atoms with van der Waals surface area (Å²) in [6.07, 6.45) is 0.270. The lowest BCUT2D eigenvalue weighted by molar-refractivity contribution is 0.0397. The van der Waals surface area contributed by atoms with Crippen LogP contribution in [0.4, 0.5) is 0 Å². The SMILES string of the molecule is O=C(O)c1ccc(C(Cc2cccc(Br)c2)OCc2ccccc2)cc1O. The van der Waals surface area contributed by atoms with E-state index >= 15 is 0 Å².